The van der Waals surface area contributed by atoms with Gasteiger partial charge in [-0.1, -0.05) is 42.5 Å². The van der Waals surface area contributed by atoms with Crippen LogP contribution in [0, 0.1) is 0 Å². The van der Waals surface area contributed by atoms with Crippen LogP contribution in [0.3, 0.4) is 0 Å². The molecule has 0 bridgehead atoms. The number of esters is 1. The Hall–Kier alpha value is -4.00. The molecule has 0 aliphatic carbocycles. The maximum absolute atomic E-state index is 12.5. The number of carbonyl (C=O) groups is 2. The summed E-state index contributed by atoms with van der Waals surface area (Å²) in [6, 6.07) is 21.3. The van der Waals surface area contributed by atoms with Crippen LogP contribution in [-0.2, 0) is 16.1 Å². The molecule has 0 heterocycles. The zero-order chi connectivity index (χ0) is 22.1. The second kappa shape index (κ2) is 10.7. The van der Waals surface area contributed by atoms with E-state index in [0.29, 0.717) is 29.5 Å². The van der Waals surface area contributed by atoms with E-state index in [0.717, 1.165) is 5.56 Å². The Morgan fingerprint density at radius 3 is 2.26 bits per heavy atom. The molecule has 0 radical (unpaired) electrons. The summed E-state index contributed by atoms with van der Waals surface area (Å²) in [5, 5.41) is 2.65. The van der Waals surface area contributed by atoms with E-state index in [9.17, 15) is 9.59 Å². The molecule has 0 aliphatic heterocycles. The predicted octanol–water partition coefficient (Wildman–Crippen LogP) is 4.08. The summed E-state index contributed by atoms with van der Waals surface area (Å²) < 4.78 is 21.3. The summed E-state index contributed by atoms with van der Waals surface area (Å²) in [6.07, 6.45) is 0. The first-order valence-corrected chi connectivity index (χ1v) is 9.55. The first kappa shape index (κ1) is 21.7. The normalized spacial score (nSPS) is 10.1. The number of anilines is 1. The number of ether oxygens (including phenoxy) is 4. The van der Waals surface area contributed by atoms with Gasteiger partial charge in [-0.25, -0.2) is 4.79 Å². The van der Waals surface area contributed by atoms with E-state index in [2.05, 4.69) is 5.32 Å². The lowest BCUT2D eigenvalue weighted by Gasteiger charge is -2.12. The highest BCUT2D eigenvalue weighted by atomic mass is 16.5. The zero-order valence-electron chi connectivity index (χ0n) is 17.3. The number of methoxy groups -OCH3 is 2. The monoisotopic (exact) mass is 421 g/mol. The Kier molecular flexibility index (Phi) is 7.48. The van der Waals surface area contributed by atoms with E-state index in [1.54, 1.807) is 42.5 Å². The molecular formula is C24H23NO6. The van der Waals surface area contributed by atoms with E-state index in [4.69, 9.17) is 18.9 Å². The maximum Gasteiger partial charge on any atom is 0.342 e. The third-order valence-electron chi connectivity index (χ3n) is 4.35. The highest BCUT2D eigenvalue weighted by molar-refractivity contribution is 5.96. The van der Waals surface area contributed by atoms with E-state index in [-0.39, 0.29) is 5.56 Å². The van der Waals surface area contributed by atoms with E-state index < -0.39 is 18.5 Å². The average molecular weight is 421 g/mol. The second-order valence-electron chi connectivity index (χ2n) is 6.46. The van der Waals surface area contributed by atoms with Crippen molar-refractivity contribution in [2.45, 2.75) is 6.61 Å². The molecule has 0 fully saturated rings. The fourth-order valence-corrected chi connectivity index (χ4v) is 2.82. The van der Waals surface area contributed by atoms with Crippen LogP contribution in [0.5, 0.6) is 17.2 Å². The van der Waals surface area contributed by atoms with Crippen molar-refractivity contribution in [1.29, 1.82) is 0 Å². The molecule has 1 N–H and O–H groups in total. The van der Waals surface area contributed by atoms with Crippen LogP contribution in [0.2, 0.25) is 0 Å². The standard InChI is InChI=1S/C24H23NO6/c1-28-21-13-12-18(14-22(21)29-2)25-23(26)16-31-24(27)19-10-6-7-11-20(19)30-15-17-8-4-3-5-9-17/h3-14H,15-16H2,1-2H3,(H,25,26). The summed E-state index contributed by atoms with van der Waals surface area (Å²) >= 11 is 0. The summed E-state index contributed by atoms with van der Waals surface area (Å²) in [5.74, 6) is 0.270. The fraction of sp³-hybridized carbons (Fsp3) is 0.167. The van der Waals surface area contributed by atoms with Crippen LogP contribution in [0.25, 0.3) is 0 Å². The second-order valence-corrected chi connectivity index (χ2v) is 6.46. The van der Waals surface area contributed by atoms with Gasteiger partial charge in [0.1, 0.15) is 17.9 Å². The Morgan fingerprint density at radius 2 is 1.52 bits per heavy atom. The molecule has 0 aliphatic rings. The van der Waals surface area contributed by atoms with Crippen LogP contribution in [0.1, 0.15) is 15.9 Å². The zero-order valence-corrected chi connectivity index (χ0v) is 17.3. The van der Waals surface area contributed by atoms with Crippen LogP contribution in [0.15, 0.2) is 72.8 Å². The van der Waals surface area contributed by atoms with Gasteiger partial charge < -0.3 is 24.3 Å². The van der Waals surface area contributed by atoms with Crippen molar-refractivity contribution in [3.63, 3.8) is 0 Å². The number of amides is 1. The first-order valence-electron chi connectivity index (χ1n) is 9.55. The molecule has 7 heteroatoms. The van der Waals surface area contributed by atoms with Crippen molar-refractivity contribution in [1.82, 2.24) is 0 Å². The maximum atomic E-state index is 12.5. The predicted molar refractivity (Wildman–Crippen MR) is 116 cm³/mol. The summed E-state index contributed by atoms with van der Waals surface area (Å²) in [5.41, 5.74) is 1.71. The Bertz CT molecular complexity index is 1040. The quantitative estimate of drug-likeness (QED) is 0.524. The van der Waals surface area contributed by atoms with Crippen molar-refractivity contribution < 1.29 is 28.5 Å². The highest BCUT2D eigenvalue weighted by Crippen LogP contribution is 2.29. The minimum Gasteiger partial charge on any atom is -0.493 e. The van der Waals surface area contributed by atoms with Gasteiger partial charge in [-0.2, -0.15) is 0 Å². The summed E-state index contributed by atoms with van der Waals surface area (Å²) in [6.45, 7) is -0.134. The van der Waals surface area contributed by atoms with Gasteiger partial charge in [0, 0.05) is 11.8 Å². The SMILES string of the molecule is COc1ccc(NC(=O)COC(=O)c2ccccc2OCc2ccccc2)cc1OC. The van der Waals surface area contributed by atoms with Crippen LogP contribution < -0.4 is 19.5 Å². The number of rotatable bonds is 9. The molecule has 0 saturated heterocycles. The molecule has 3 aromatic rings. The Labute approximate surface area is 180 Å². The van der Waals surface area contributed by atoms with Crippen LogP contribution >= 0.6 is 0 Å². The Morgan fingerprint density at radius 1 is 0.806 bits per heavy atom. The van der Waals surface area contributed by atoms with Crippen molar-refractivity contribution >= 4 is 17.6 Å². The van der Waals surface area contributed by atoms with Gasteiger partial charge in [-0.15, -0.1) is 0 Å². The van der Waals surface area contributed by atoms with E-state index >= 15 is 0 Å². The van der Waals surface area contributed by atoms with E-state index in [1.165, 1.54) is 14.2 Å². The highest BCUT2D eigenvalue weighted by Gasteiger charge is 2.16. The molecule has 3 aromatic carbocycles. The van der Waals surface area contributed by atoms with E-state index in [1.807, 2.05) is 30.3 Å². The smallest absolute Gasteiger partial charge is 0.342 e. The van der Waals surface area contributed by atoms with Gasteiger partial charge >= 0.3 is 5.97 Å². The molecule has 160 valence electrons. The van der Waals surface area contributed by atoms with Crippen molar-refractivity contribution in [2.75, 3.05) is 26.1 Å². The van der Waals surface area contributed by atoms with Crippen LogP contribution in [0.4, 0.5) is 5.69 Å². The van der Waals surface area contributed by atoms with Crippen LogP contribution in [-0.4, -0.2) is 32.7 Å². The number of benzene rings is 3. The lowest BCUT2D eigenvalue weighted by atomic mass is 10.2. The third kappa shape index (κ3) is 5.99. The number of para-hydroxylation sites is 1. The lowest BCUT2D eigenvalue weighted by molar-refractivity contribution is -0.119. The molecule has 0 saturated carbocycles. The van der Waals surface area contributed by atoms with Gasteiger partial charge in [0.2, 0.25) is 0 Å². The molecule has 7 nitrogen and oxygen atoms in total. The number of nitrogens with one attached hydrogen (secondary N) is 1. The van der Waals surface area contributed by atoms with Gasteiger partial charge in [-0.3, -0.25) is 4.79 Å². The average Bonchev–Trinajstić information content (AvgIpc) is 2.82. The molecule has 0 atom stereocenters. The molecule has 31 heavy (non-hydrogen) atoms. The number of hydrogen-bond acceptors (Lipinski definition) is 6. The Balaban J connectivity index is 1.57. The van der Waals surface area contributed by atoms with Gasteiger partial charge in [-0.05, 0) is 29.8 Å². The summed E-state index contributed by atoms with van der Waals surface area (Å²) in [7, 11) is 3.03. The van der Waals surface area contributed by atoms with Gasteiger partial charge in [0.05, 0.1) is 14.2 Å². The van der Waals surface area contributed by atoms with Gasteiger partial charge in [0.25, 0.3) is 5.91 Å². The third-order valence-corrected chi connectivity index (χ3v) is 4.35. The lowest BCUT2D eigenvalue weighted by Crippen LogP contribution is -2.21. The fourth-order valence-electron chi connectivity index (χ4n) is 2.82. The van der Waals surface area contributed by atoms with Crippen molar-refractivity contribution in [3.8, 4) is 17.2 Å². The van der Waals surface area contributed by atoms with Crippen molar-refractivity contribution in [2.24, 2.45) is 0 Å². The topological polar surface area (TPSA) is 83.1 Å². The summed E-state index contributed by atoms with van der Waals surface area (Å²) in [4.78, 5) is 24.7. The largest absolute Gasteiger partial charge is 0.493 e. The molecular weight excluding hydrogens is 398 g/mol. The number of hydrogen-bond donors (Lipinski definition) is 1. The minimum atomic E-state index is -0.647. The number of carbonyl (C=O) groups excluding carboxylic acids is 2. The molecule has 3 rings (SSSR count). The molecule has 0 aromatic heterocycles. The van der Waals surface area contributed by atoms with Crippen molar-refractivity contribution in [3.05, 3.63) is 83.9 Å². The minimum absolute atomic E-state index is 0.248. The van der Waals surface area contributed by atoms with Gasteiger partial charge in [0.15, 0.2) is 18.1 Å². The molecule has 0 unspecified atom stereocenters. The first-order chi connectivity index (χ1) is 15.1. The molecule has 1 amide bonds. The molecule has 0 spiro atoms.